The fourth-order valence-corrected chi connectivity index (χ4v) is 6.76. The van der Waals surface area contributed by atoms with E-state index < -0.39 is 31.0 Å². The van der Waals surface area contributed by atoms with Crippen molar-refractivity contribution in [3.63, 3.8) is 0 Å². The molecule has 0 aliphatic carbocycles. The number of amides is 1. The van der Waals surface area contributed by atoms with Crippen molar-refractivity contribution in [2.45, 2.75) is 41.9 Å². The van der Waals surface area contributed by atoms with Gasteiger partial charge in [0.2, 0.25) is 15.9 Å². The lowest BCUT2D eigenvalue weighted by molar-refractivity contribution is 0.102. The van der Waals surface area contributed by atoms with E-state index in [2.05, 4.69) is 15.5 Å². The highest BCUT2D eigenvalue weighted by Gasteiger charge is 2.28. The Balaban J connectivity index is 1.28. The molecule has 1 aromatic heterocycles. The van der Waals surface area contributed by atoms with Crippen LogP contribution in [0, 0.1) is 0 Å². The van der Waals surface area contributed by atoms with Gasteiger partial charge in [-0.2, -0.15) is 4.31 Å². The predicted octanol–water partition coefficient (Wildman–Crippen LogP) is 3.92. The molecule has 3 aromatic carbocycles. The molecule has 1 amide bonds. The minimum Gasteiger partial charge on any atom is -0.403 e. The molecule has 0 atom stereocenters. The number of hydrogen-bond donors (Lipinski definition) is 1. The van der Waals surface area contributed by atoms with Crippen LogP contribution in [0.4, 0.5) is 6.01 Å². The Morgan fingerprint density at radius 3 is 2.33 bits per heavy atom. The number of carbonyl (C=O) groups is 1. The van der Waals surface area contributed by atoms with Crippen LogP contribution >= 0.6 is 0 Å². The largest absolute Gasteiger partial charge is 0.403 e. The maximum Gasteiger partial charge on any atom is 0.322 e. The number of rotatable bonds is 7. The molecule has 0 radical (unpaired) electrons. The number of fused-ring (bicyclic) bond motifs is 1. The molecule has 12 heteroatoms. The molecule has 2 heterocycles. The second-order valence-electron chi connectivity index (χ2n) is 9.37. The molecule has 5 rings (SSSR count). The first-order valence-corrected chi connectivity index (χ1v) is 15.2. The first-order chi connectivity index (χ1) is 18.6. The Labute approximate surface area is 226 Å². The van der Waals surface area contributed by atoms with E-state index in [1.165, 1.54) is 40.7 Å². The minimum absolute atomic E-state index is 0.0376. The average molecular weight is 567 g/mol. The molecular weight excluding hydrogens is 540 g/mol. The number of nitrogens with zero attached hydrogens (tertiary/aromatic N) is 3. The molecular formula is C27H26N4O6S2. The summed E-state index contributed by atoms with van der Waals surface area (Å²) in [5.41, 5.74) is 2.71. The summed E-state index contributed by atoms with van der Waals surface area (Å²) in [6.07, 6.45) is 0.639. The topological polar surface area (TPSA) is 140 Å². The molecule has 0 spiro atoms. The van der Waals surface area contributed by atoms with Gasteiger partial charge in [-0.3, -0.25) is 10.1 Å². The third-order valence-corrected chi connectivity index (χ3v) is 10.5. The summed E-state index contributed by atoms with van der Waals surface area (Å²) in [5.74, 6) is -0.534. The molecule has 39 heavy (non-hydrogen) atoms. The zero-order chi connectivity index (χ0) is 27.8. The molecule has 10 nitrogen and oxygen atoms in total. The third-order valence-electron chi connectivity index (χ3n) is 6.53. The summed E-state index contributed by atoms with van der Waals surface area (Å²) in [7, 11) is -7.23. The van der Waals surface area contributed by atoms with Gasteiger partial charge >= 0.3 is 6.01 Å². The molecule has 0 unspecified atom stereocenters. The second kappa shape index (κ2) is 10.4. The van der Waals surface area contributed by atoms with E-state index in [4.69, 9.17) is 4.42 Å². The molecule has 202 valence electrons. The Kier molecular flexibility index (Phi) is 7.10. The van der Waals surface area contributed by atoms with E-state index in [0.717, 1.165) is 11.1 Å². The van der Waals surface area contributed by atoms with Gasteiger partial charge in [-0.05, 0) is 73.9 Å². The quantitative estimate of drug-likeness (QED) is 0.355. The zero-order valence-electron chi connectivity index (χ0n) is 21.2. The fourth-order valence-electron chi connectivity index (χ4n) is 4.24. The first kappa shape index (κ1) is 26.7. The third kappa shape index (κ3) is 5.35. The van der Waals surface area contributed by atoms with Crippen LogP contribution in [0.25, 0.3) is 11.5 Å². The van der Waals surface area contributed by atoms with Gasteiger partial charge in [0.25, 0.3) is 5.91 Å². The van der Waals surface area contributed by atoms with E-state index in [-0.39, 0.29) is 27.3 Å². The van der Waals surface area contributed by atoms with Gasteiger partial charge in [-0.15, -0.1) is 5.10 Å². The van der Waals surface area contributed by atoms with E-state index >= 15 is 0 Å². The molecule has 0 saturated heterocycles. The van der Waals surface area contributed by atoms with Crippen molar-refractivity contribution >= 4 is 31.8 Å². The number of aromatic nitrogens is 2. The van der Waals surface area contributed by atoms with Crippen molar-refractivity contribution in [2.24, 2.45) is 0 Å². The highest BCUT2D eigenvalue weighted by Crippen LogP contribution is 2.27. The van der Waals surface area contributed by atoms with Crippen LogP contribution in [0.15, 0.2) is 87.0 Å². The van der Waals surface area contributed by atoms with Gasteiger partial charge in [0, 0.05) is 24.2 Å². The standard InChI is InChI=1S/C27H26N4O6S2/c1-18(2)38(33,34)24-9-5-8-21(16-24)26-29-30-27(37-26)28-25(32)20-10-12-23(13-11-20)39(35,36)31-15-14-19-6-3-4-7-22(19)17-31/h3-13,16,18H,14-15,17H2,1-2H3,(H,28,30,32). The van der Waals surface area contributed by atoms with Gasteiger partial charge in [-0.1, -0.05) is 35.4 Å². The van der Waals surface area contributed by atoms with Crippen LogP contribution in [-0.2, 0) is 32.8 Å². The monoisotopic (exact) mass is 566 g/mol. The molecule has 0 bridgehead atoms. The molecule has 1 aliphatic rings. The summed E-state index contributed by atoms with van der Waals surface area (Å²) in [6.45, 7) is 3.87. The van der Waals surface area contributed by atoms with E-state index in [0.29, 0.717) is 25.1 Å². The smallest absolute Gasteiger partial charge is 0.322 e. The average Bonchev–Trinajstić information content (AvgIpc) is 3.41. The van der Waals surface area contributed by atoms with Crippen LogP contribution in [0.3, 0.4) is 0 Å². The van der Waals surface area contributed by atoms with Gasteiger partial charge in [-0.25, -0.2) is 16.8 Å². The number of carbonyl (C=O) groups excluding carboxylic acids is 1. The lowest BCUT2D eigenvalue weighted by atomic mass is 10.0. The number of nitrogens with one attached hydrogen (secondary N) is 1. The van der Waals surface area contributed by atoms with Gasteiger partial charge in [0.15, 0.2) is 9.84 Å². The van der Waals surface area contributed by atoms with Crippen molar-refractivity contribution in [2.75, 3.05) is 11.9 Å². The maximum atomic E-state index is 13.2. The van der Waals surface area contributed by atoms with Crippen molar-refractivity contribution < 1.29 is 26.0 Å². The molecule has 1 N–H and O–H groups in total. The van der Waals surface area contributed by atoms with E-state index in [9.17, 15) is 21.6 Å². The van der Waals surface area contributed by atoms with Crippen molar-refractivity contribution in [1.29, 1.82) is 0 Å². The lowest BCUT2D eigenvalue weighted by Gasteiger charge is -2.28. The van der Waals surface area contributed by atoms with Crippen molar-refractivity contribution in [3.8, 4) is 11.5 Å². The van der Waals surface area contributed by atoms with Crippen LogP contribution in [0.1, 0.15) is 35.3 Å². The first-order valence-electron chi connectivity index (χ1n) is 12.2. The highest BCUT2D eigenvalue weighted by molar-refractivity contribution is 7.92. The molecule has 1 aliphatic heterocycles. The molecule has 0 saturated carbocycles. The van der Waals surface area contributed by atoms with Gasteiger partial charge < -0.3 is 4.42 Å². The second-order valence-corrected chi connectivity index (χ2v) is 13.8. The van der Waals surface area contributed by atoms with Gasteiger partial charge in [0.1, 0.15) is 0 Å². The Hall–Kier alpha value is -3.87. The number of sulfonamides is 1. The summed E-state index contributed by atoms with van der Waals surface area (Å²) >= 11 is 0. The number of anilines is 1. The summed E-state index contributed by atoms with van der Waals surface area (Å²) < 4.78 is 58.3. The fraction of sp³-hybridized carbons (Fsp3) is 0.222. The normalized spacial score (nSPS) is 14.2. The summed E-state index contributed by atoms with van der Waals surface area (Å²) in [5, 5.41) is 9.62. The van der Waals surface area contributed by atoms with Gasteiger partial charge in [0.05, 0.1) is 15.0 Å². The van der Waals surface area contributed by atoms with Crippen LogP contribution in [0.5, 0.6) is 0 Å². The predicted molar refractivity (Wildman–Crippen MR) is 144 cm³/mol. The van der Waals surface area contributed by atoms with Crippen LogP contribution in [-0.4, -0.2) is 49.0 Å². The zero-order valence-corrected chi connectivity index (χ0v) is 22.9. The number of hydrogen-bond acceptors (Lipinski definition) is 8. The Bertz CT molecular complexity index is 1750. The summed E-state index contributed by atoms with van der Waals surface area (Å²) in [4.78, 5) is 13.0. The molecule has 4 aromatic rings. The van der Waals surface area contributed by atoms with Crippen molar-refractivity contribution in [3.05, 3.63) is 89.5 Å². The summed E-state index contributed by atoms with van der Waals surface area (Å²) in [6, 6.07) is 19.3. The van der Waals surface area contributed by atoms with E-state index in [1.807, 2.05) is 24.3 Å². The minimum atomic E-state index is -3.74. The lowest BCUT2D eigenvalue weighted by Crippen LogP contribution is -2.35. The highest BCUT2D eigenvalue weighted by atomic mass is 32.2. The number of benzene rings is 3. The number of sulfone groups is 1. The van der Waals surface area contributed by atoms with Crippen molar-refractivity contribution in [1.82, 2.24) is 14.5 Å². The SMILES string of the molecule is CC(C)S(=O)(=O)c1cccc(-c2nnc(NC(=O)c3ccc(S(=O)(=O)N4CCc5ccccc5C4)cc3)o2)c1. The Morgan fingerprint density at radius 2 is 1.62 bits per heavy atom. The maximum absolute atomic E-state index is 13.2. The van der Waals surface area contributed by atoms with E-state index in [1.54, 1.807) is 26.0 Å². The Morgan fingerprint density at radius 1 is 0.897 bits per heavy atom. The molecule has 0 fully saturated rings. The van der Waals surface area contributed by atoms with Crippen LogP contribution in [0.2, 0.25) is 0 Å². The van der Waals surface area contributed by atoms with Crippen LogP contribution < -0.4 is 5.32 Å².